The van der Waals surface area contributed by atoms with Gasteiger partial charge in [-0.15, -0.1) is 0 Å². The Bertz CT molecular complexity index is 1140. The molecule has 0 aliphatic carbocycles. The van der Waals surface area contributed by atoms with Crippen LogP contribution in [0.3, 0.4) is 0 Å². The van der Waals surface area contributed by atoms with E-state index in [1.807, 2.05) is 30.3 Å². The molecule has 0 spiro atoms. The van der Waals surface area contributed by atoms with E-state index in [4.69, 9.17) is 4.42 Å². The molecule has 0 bridgehead atoms. The standard InChI is InChI=1S/C25H27N5O4/c31-25(24-7-4-18-34-24)29-16-12-27(13-17-29)21-8-9-22(30(32)33)23(19-21)28-14-10-26(11-15-28)20-5-2-1-3-6-20/h1-9,18-19H,10-17H2. The van der Waals surface area contributed by atoms with Crippen LogP contribution in [0.1, 0.15) is 10.6 Å². The van der Waals surface area contributed by atoms with Crippen LogP contribution in [0.2, 0.25) is 0 Å². The molecule has 2 aliphatic rings. The van der Waals surface area contributed by atoms with Gasteiger partial charge in [0.05, 0.1) is 11.2 Å². The zero-order valence-electron chi connectivity index (χ0n) is 18.9. The van der Waals surface area contributed by atoms with Gasteiger partial charge in [-0.05, 0) is 36.4 Å². The Kier molecular flexibility index (Phi) is 6.07. The van der Waals surface area contributed by atoms with Crippen LogP contribution in [0.4, 0.5) is 22.7 Å². The van der Waals surface area contributed by atoms with Crippen LogP contribution in [-0.2, 0) is 0 Å². The summed E-state index contributed by atoms with van der Waals surface area (Å²) < 4.78 is 5.24. The van der Waals surface area contributed by atoms with Crippen molar-refractivity contribution in [1.29, 1.82) is 0 Å². The molecule has 9 nitrogen and oxygen atoms in total. The number of hydrogen-bond acceptors (Lipinski definition) is 7. The third-order valence-corrected chi connectivity index (χ3v) is 6.56. The Morgan fingerprint density at radius 3 is 2.06 bits per heavy atom. The second-order valence-corrected chi connectivity index (χ2v) is 8.50. The zero-order chi connectivity index (χ0) is 23.5. The van der Waals surface area contributed by atoms with Crippen molar-refractivity contribution in [3.8, 4) is 0 Å². The predicted octanol–water partition coefficient (Wildman–Crippen LogP) is 3.48. The second-order valence-electron chi connectivity index (χ2n) is 8.50. The molecular weight excluding hydrogens is 434 g/mol. The molecule has 1 amide bonds. The second kappa shape index (κ2) is 9.46. The van der Waals surface area contributed by atoms with Crippen molar-refractivity contribution in [3.05, 3.63) is 82.8 Å². The first-order valence-corrected chi connectivity index (χ1v) is 11.5. The number of hydrogen-bond donors (Lipinski definition) is 0. The first-order valence-electron chi connectivity index (χ1n) is 11.5. The molecule has 0 radical (unpaired) electrons. The van der Waals surface area contributed by atoms with Crippen LogP contribution in [0.25, 0.3) is 0 Å². The molecule has 0 N–H and O–H groups in total. The fourth-order valence-corrected chi connectivity index (χ4v) is 4.68. The molecule has 2 saturated heterocycles. The molecule has 3 aromatic rings. The maximum atomic E-state index is 12.5. The quantitative estimate of drug-likeness (QED) is 0.425. The van der Waals surface area contributed by atoms with Crippen LogP contribution in [-0.4, -0.2) is 68.1 Å². The molecule has 3 heterocycles. The van der Waals surface area contributed by atoms with E-state index >= 15 is 0 Å². The van der Waals surface area contributed by atoms with Gasteiger partial charge in [0.25, 0.3) is 11.6 Å². The lowest BCUT2D eigenvalue weighted by atomic mass is 10.1. The number of nitro groups is 1. The fraction of sp³-hybridized carbons (Fsp3) is 0.320. The Hall–Kier alpha value is -4.01. The number of benzene rings is 2. The summed E-state index contributed by atoms with van der Waals surface area (Å²) in [7, 11) is 0. The minimum atomic E-state index is -0.303. The smallest absolute Gasteiger partial charge is 0.292 e. The van der Waals surface area contributed by atoms with E-state index in [0.29, 0.717) is 50.7 Å². The van der Waals surface area contributed by atoms with Crippen LogP contribution in [0.5, 0.6) is 0 Å². The Labute approximate surface area is 197 Å². The number of carbonyl (C=O) groups excluding carboxylic acids is 1. The average Bonchev–Trinajstić information content (AvgIpc) is 3.44. The molecule has 34 heavy (non-hydrogen) atoms. The van der Waals surface area contributed by atoms with Crippen LogP contribution in [0.15, 0.2) is 71.3 Å². The summed E-state index contributed by atoms with van der Waals surface area (Å²) in [5.41, 5.74) is 2.90. The zero-order valence-corrected chi connectivity index (χ0v) is 18.9. The lowest BCUT2D eigenvalue weighted by molar-refractivity contribution is -0.384. The molecule has 2 aliphatic heterocycles. The highest BCUT2D eigenvalue weighted by Gasteiger charge is 2.27. The van der Waals surface area contributed by atoms with Gasteiger partial charge in [-0.1, -0.05) is 18.2 Å². The van der Waals surface area contributed by atoms with E-state index in [9.17, 15) is 14.9 Å². The van der Waals surface area contributed by atoms with Crippen molar-refractivity contribution in [1.82, 2.24) is 4.90 Å². The van der Waals surface area contributed by atoms with Crippen molar-refractivity contribution in [2.75, 3.05) is 67.1 Å². The number of carbonyl (C=O) groups is 1. The molecule has 9 heteroatoms. The Balaban J connectivity index is 1.28. The SMILES string of the molecule is O=C(c1ccco1)N1CCN(c2ccc([N+](=O)[O-])c(N3CCN(c4ccccc4)CC3)c2)CC1. The summed E-state index contributed by atoms with van der Waals surface area (Å²) >= 11 is 0. The number of para-hydroxylation sites is 1. The summed E-state index contributed by atoms with van der Waals surface area (Å²) in [6.07, 6.45) is 1.50. The number of nitrogens with zero attached hydrogens (tertiary/aromatic N) is 5. The minimum Gasteiger partial charge on any atom is -0.459 e. The Morgan fingerprint density at radius 2 is 1.41 bits per heavy atom. The number of nitro benzene ring substituents is 1. The van der Waals surface area contributed by atoms with Gasteiger partial charge >= 0.3 is 0 Å². The van der Waals surface area contributed by atoms with Gasteiger partial charge in [0.1, 0.15) is 5.69 Å². The molecule has 0 unspecified atom stereocenters. The van der Waals surface area contributed by atoms with E-state index in [2.05, 4.69) is 26.8 Å². The largest absolute Gasteiger partial charge is 0.459 e. The summed E-state index contributed by atoms with van der Waals surface area (Å²) in [4.78, 5) is 32.4. The monoisotopic (exact) mass is 461 g/mol. The highest BCUT2D eigenvalue weighted by molar-refractivity contribution is 5.91. The summed E-state index contributed by atoms with van der Waals surface area (Å²) in [6.45, 7) is 5.49. The molecule has 176 valence electrons. The lowest BCUT2D eigenvalue weighted by Crippen LogP contribution is -2.49. The first-order chi connectivity index (χ1) is 16.6. The third-order valence-electron chi connectivity index (χ3n) is 6.56. The van der Waals surface area contributed by atoms with Crippen molar-refractivity contribution in [2.45, 2.75) is 0 Å². The van der Waals surface area contributed by atoms with Crippen LogP contribution < -0.4 is 14.7 Å². The molecular formula is C25H27N5O4. The number of anilines is 3. The van der Waals surface area contributed by atoms with E-state index in [-0.39, 0.29) is 16.5 Å². The van der Waals surface area contributed by atoms with E-state index in [0.717, 1.165) is 18.8 Å². The van der Waals surface area contributed by atoms with Gasteiger partial charge < -0.3 is 24.0 Å². The van der Waals surface area contributed by atoms with Gasteiger partial charge in [-0.25, -0.2) is 0 Å². The molecule has 1 aromatic heterocycles. The molecule has 2 aromatic carbocycles. The van der Waals surface area contributed by atoms with Gasteiger partial charge in [-0.2, -0.15) is 0 Å². The van der Waals surface area contributed by atoms with Crippen LogP contribution in [0, 0.1) is 10.1 Å². The maximum absolute atomic E-state index is 12.5. The predicted molar refractivity (Wildman–Crippen MR) is 131 cm³/mol. The topological polar surface area (TPSA) is 86.3 Å². The van der Waals surface area contributed by atoms with Gasteiger partial charge in [0.15, 0.2) is 5.76 Å². The van der Waals surface area contributed by atoms with E-state index < -0.39 is 0 Å². The maximum Gasteiger partial charge on any atom is 0.292 e. The van der Waals surface area contributed by atoms with Gasteiger partial charge in [-0.3, -0.25) is 14.9 Å². The van der Waals surface area contributed by atoms with E-state index in [1.54, 1.807) is 23.1 Å². The first kappa shape index (κ1) is 21.8. The van der Waals surface area contributed by atoms with Crippen LogP contribution >= 0.6 is 0 Å². The average molecular weight is 462 g/mol. The normalized spacial score (nSPS) is 16.6. The van der Waals surface area contributed by atoms with Gasteiger partial charge in [0.2, 0.25) is 0 Å². The van der Waals surface area contributed by atoms with Crippen molar-refractivity contribution in [2.24, 2.45) is 0 Å². The lowest BCUT2D eigenvalue weighted by Gasteiger charge is -2.38. The molecule has 2 fully saturated rings. The number of furan rings is 1. The number of rotatable bonds is 5. The molecule has 0 atom stereocenters. The van der Waals surface area contributed by atoms with Crippen molar-refractivity contribution < 1.29 is 14.1 Å². The van der Waals surface area contributed by atoms with Gasteiger partial charge in [0, 0.05) is 69.8 Å². The third kappa shape index (κ3) is 4.41. The Morgan fingerprint density at radius 1 is 0.765 bits per heavy atom. The number of amides is 1. The highest BCUT2D eigenvalue weighted by Crippen LogP contribution is 2.34. The van der Waals surface area contributed by atoms with Crippen molar-refractivity contribution >= 4 is 28.7 Å². The molecule has 0 saturated carbocycles. The van der Waals surface area contributed by atoms with Crippen molar-refractivity contribution in [3.63, 3.8) is 0 Å². The number of piperazine rings is 2. The summed E-state index contributed by atoms with van der Waals surface area (Å²) in [5.74, 6) is 0.242. The highest BCUT2D eigenvalue weighted by atomic mass is 16.6. The van der Waals surface area contributed by atoms with E-state index in [1.165, 1.54) is 12.0 Å². The molecule has 5 rings (SSSR count). The summed E-state index contributed by atoms with van der Waals surface area (Å²) in [5, 5.41) is 11.8. The fourth-order valence-electron chi connectivity index (χ4n) is 4.68. The summed E-state index contributed by atoms with van der Waals surface area (Å²) in [6, 6.07) is 19.0. The minimum absolute atomic E-state index is 0.106.